The average Bonchev–Trinajstić information content (AvgIpc) is 2.69. The van der Waals surface area contributed by atoms with E-state index in [2.05, 4.69) is 0 Å². The van der Waals surface area contributed by atoms with Gasteiger partial charge in [0.1, 0.15) is 11.9 Å². The Morgan fingerprint density at radius 2 is 1.82 bits per heavy atom. The van der Waals surface area contributed by atoms with Crippen molar-refractivity contribution in [2.45, 2.75) is 18.9 Å². The third-order valence-corrected chi connectivity index (χ3v) is 4.70. The molecule has 0 aromatic heterocycles. The van der Waals surface area contributed by atoms with Gasteiger partial charge in [-0.15, -0.1) is 0 Å². The van der Waals surface area contributed by atoms with E-state index in [-0.39, 0.29) is 36.7 Å². The maximum absolute atomic E-state index is 13.6. The summed E-state index contributed by atoms with van der Waals surface area (Å²) < 4.78 is 24.9. The van der Waals surface area contributed by atoms with Crippen LogP contribution in [-0.4, -0.2) is 42.5 Å². The normalized spacial score (nSPS) is 19.1. The molecule has 2 N–H and O–H groups in total. The fourth-order valence-corrected chi connectivity index (χ4v) is 3.31. The lowest BCUT2D eigenvalue weighted by molar-refractivity contribution is -0.138. The highest BCUT2D eigenvalue weighted by atomic mass is 19.1. The van der Waals surface area contributed by atoms with Crippen LogP contribution in [-0.2, 0) is 9.59 Å². The number of nitrogens with two attached hydrogens (primary N) is 1. The molecule has 0 radical (unpaired) electrons. The number of amides is 2. The lowest BCUT2D eigenvalue weighted by Crippen LogP contribution is -2.50. The molecule has 2 aromatic carbocycles. The smallest absolute Gasteiger partial charge is 0.260 e. The predicted octanol–water partition coefficient (Wildman–Crippen LogP) is 2.38. The van der Waals surface area contributed by atoms with Gasteiger partial charge in [0.2, 0.25) is 5.91 Å². The monoisotopic (exact) mass is 386 g/mol. The van der Waals surface area contributed by atoms with E-state index in [4.69, 9.17) is 15.2 Å². The first-order chi connectivity index (χ1) is 13.5. The summed E-state index contributed by atoms with van der Waals surface area (Å²) in [6.07, 6.45) is 0.472. The Morgan fingerprint density at radius 1 is 1.11 bits per heavy atom. The highest BCUT2D eigenvalue weighted by molar-refractivity contribution is 5.78. The summed E-state index contributed by atoms with van der Waals surface area (Å²) in [7, 11) is 0. The minimum Gasteiger partial charge on any atom is -0.490 e. The molecule has 3 rings (SSSR count). The van der Waals surface area contributed by atoms with Gasteiger partial charge in [-0.25, -0.2) is 4.39 Å². The molecule has 1 heterocycles. The van der Waals surface area contributed by atoms with Gasteiger partial charge in [0, 0.05) is 31.8 Å². The molecule has 2 aromatic rings. The Kier molecular flexibility index (Phi) is 6.47. The summed E-state index contributed by atoms with van der Waals surface area (Å²) in [4.78, 5) is 25.6. The molecule has 0 unspecified atom stereocenters. The summed E-state index contributed by atoms with van der Waals surface area (Å²) in [5.41, 5.74) is 5.39. The van der Waals surface area contributed by atoms with Crippen LogP contribution >= 0.6 is 0 Å². The molecular weight excluding hydrogens is 363 g/mol. The Morgan fingerprint density at radius 3 is 2.54 bits per heavy atom. The Hall–Kier alpha value is -3.09. The third-order valence-electron chi connectivity index (χ3n) is 4.70. The average molecular weight is 386 g/mol. The predicted molar refractivity (Wildman–Crippen MR) is 101 cm³/mol. The van der Waals surface area contributed by atoms with Crippen LogP contribution in [0.15, 0.2) is 54.6 Å². The quantitative estimate of drug-likeness (QED) is 0.792. The van der Waals surface area contributed by atoms with Crippen molar-refractivity contribution in [1.82, 2.24) is 4.90 Å². The number of carbonyl (C=O) groups excluding carboxylic acids is 2. The Bertz CT molecular complexity index is 815. The van der Waals surface area contributed by atoms with E-state index in [1.807, 2.05) is 30.3 Å². The van der Waals surface area contributed by atoms with Gasteiger partial charge >= 0.3 is 0 Å². The fraction of sp³-hybridized carbons (Fsp3) is 0.333. The number of piperidine rings is 1. The number of likely N-dealkylation sites (tertiary alicyclic amines) is 1. The van der Waals surface area contributed by atoms with Gasteiger partial charge in [-0.05, 0) is 24.3 Å². The van der Waals surface area contributed by atoms with Gasteiger partial charge in [-0.3, -0.25) is 9.59 Å². The van der Waals surface area contributed by atoms with E-state index in [0.29, 0.717) is 25.3 Å². The standard InChI is InChI=1S/C21H23FN2O4/c22-17-8-4-5-9-19(17)27-14-21(26)24-11-10-18(15(13-24)12-20(23)25)28-16-6-2-1-3-7-16/h1-9,15,18H,10-14H2,(H2,23,25)/t15-,18-/m0/s1. The molecule has 1 saturated heterocycles. The largest absolute Gasteiger partial charge is 0.490 e. The van der Waals surface area contributed by atoms with Crippen LogP contribution in [0.1, 0.15) is 12.8 Å². The van der Waals surface area contributed by atoms with Crippen LogP contribution in [0.3, 0.4) is 0 Å². The van der Waals surface area contributed by atoms with Crippen LogP contribution in [0.25, 0.3) is 0 Å². The summed E-state index contributed by atoms with van der Waals surface area (Å²) in [6.45, 7) is 0.528. The Balaban J connectivity index is 1.60. The number of primary amides is 1. The maximum atomic E-state index is 13.6. The number of rotatable bonds is 7. The number of para-hydroxylation sites is 2. The van der Waals surface area contributed by atoms with Crippen molar-refractivity contribution >= 4 is 11.8 Å². The fourth-order valence-electron chi connectivity index (χ4n) is 3.31. The number of benzene rings is 2. The summed E-state index contributed by atoms with van der Waals surface area (Å²) in [5, 5.41) is 0. The lowest BCUT2D eigenvalue weighted by atomic mass is 9.91. The number of hydrogen-bond donors (Lipinski definition) is 1. The molecule has 1 aliphatic rings. The van der Waals surface area contributed by atoms with Gasteiger partial charge in [0.05, 0.1) is 0 Å². The van der Waals surface area contributed by atoms with Crippen molar-refractivity contribution in [3.05, 3.63) is 60.4 Å². The lowest BCUT2D eigenvalue weighted by Gasteiger charge is -2.38. The van der Waals surface area contributed by atoms with E-state index in [1.54, 1.807) is 17.0 Å². The number of ether oxygens (including phenoxy) is 2. The number of carbonyl (C=O) groups is 2. The van der Waals surface area contributed by atoms with Crippen LogP contribution in [0.4, 0.5) is 4.39 Å². The van der Waals surface area contributed by atoms with Crippen molar-refractivity contribution in [2.24, 2.45) is 11.7 Å². The topological polar surface area (TPSA) is 81.9 Å². The molecule has 0 saturated carbocycles. The van der Waals surface area contributed by atoms with Gasteiger partial charge in [-0.2, -0.15) is 0 Å². The highest BCUT2D eigenvalue weighted by Crippen LogP contribution is 2.26. The van der Waals surface area contributed by atoms with Gasteiger partial charge in [0.15, 0.2) is 18.2 Å². The zero-order chi connectivity index (χ0) is 19.9. The van der Waals surface area contributed by atoms with E-state index in [0.717, 1.165) is 0 Å². The Labute approximate surface area is 163 Å². The molecule has 0 aliphatic carbocycles. The molecular formula is C21H23FN2O4. The molecule has 6 nitrogen and oxygen atoms in total. The second-order valence-electron chi connectivity index (χ2n) is 6.75. The first kappa shape index (κ1) is 19.7. The molecule has 7 heteroatoms. The van der Waals surface area contributed by atoms with E-state index in [1.165, 1.54) is 12.1 Å². The zero-order valence-electron chi connectivity index (χ0n) is 15.4. The third kappa shape index (κ3) is 5.22. The summed E-state index contributed by atoms with van der Waals surface area (Å²) in [5.74, 6) is -0.698. The van der Waals surface area contributed by atoms with Gasteiger partial charge < -0.3 is 20.1 Å². The molecule has 1 aliphatic heterocycles. The first-order valence-corrected chi connectivity index (χ1v) is 9.18. The van der Waals surface area contributed by atoms with E-state index < -0.39 is 11.7 Å². The molecule has 1 fully saturated rings. The summed E-state index contributed by atoms with van der Waals surface area (Å²) >= 11 is 0. The van der Waals surface area contributed by atoms with Crippen molar-refractivity contribution in [2.75, 3.05) is 19.7 Å². The van der Waals surface area contributed by atoms with E-state index in [9.17, 15) is 14.0 Å². The van der Waals surface area contributed by atoms with Crippen LogP contribution in [0, 0.1) is 11.7 Å². The minimum absolute atomic E-state index is 0.0341. The minimum atomic E-state index is -0.517. The van der Waals surface area contributed by atoms with Gasteiger partial charge in [-0.1, -0.05) is 30.3 Å². The number of nitrogens with zero attached hydrogens (tertiary/aromatic N) is 1. The van der Waals surface area contributed by atoms with Crippen molar-refractivity contribution < 1.29 is 23.5 Å². The second kappa shape index (κ2) is 9.21. The maximum Gasteiger partial charge on any atom is 0.260 e. The SMILES string of the molecule is NC(=O)C[C@H]1CN(C(=O)COc2ccccc2F)CC[C@@H]1Oc1ccccc1. The van der Waals surface area contributed by atoms with Crippen LogP contribution < -0.4 is 15.2 Å². The van der Waals surface area contributed by atoms with Crippen LogP contribution in [0.5, 0.6) is 11.5 Å². The molecule has 148 valence electrons. The summed E-state index contributed by atoms with van der Waals surface area (Å²) in [6, 6.07) is 15.3. The number of hydrogen-bond acceptors (Lipinski definition) is 4. The second-order valence-corrected chi connectivity index (χ2v) is 6.75. The van der Waals surface area contributed by atoms with Crippen molar-refractivity contribution in [1.29, 1.82) is 0 Å². The van der Waals surface area contributed by atoms with Crippen LogP contribution in [0.2, 0.25) is 0 Å². The van der Waals surface area contributed by atoms with E-state index >= 15 is 0 Å². The first-order valence-electron chi connectivity index (χ1n) is 9.18. The zero-order valence-corrected chi connectivity index (χ0v) is 15.4. The molecule has 0 spiro atoms. The highest BCUT2D eigenvalue weighted by Gasteiger charge is 2.34. The van der Waals surface area contributed by atoms with Gasteiger partial charge in [0.25, 0.3) is 5.91 Å². The van der Waals surface area contributed by atoms with Crippen molar-refractivity contribution in [3.8, 4) is 11.5 Å². The molecule has 28 heavy (non-hydrogen) atoms. The molecule has 0 bridgehead atoms. The molecule has 2 atom stereocenters. The van der Waals surface area contributed by atoms with Crippen molar-refractivity contribution in [3.63, 3.8) is 0 Å². The molecule has 2 amide bonds. The number of halogens is 1.